The second kappa shape index (κ2) is 35.6. The van der Waals surface area contributed by atoms with Gasteiger partial charge in [-0.25, -0.2) is 16.8 Å². The standard InChI is InChI=1S/C33H70N2O6S2.2Na/c1-3-5-7-9-11-13-15-17-19-21-26-34(30-24-32-42(36,37)38)28-23-29-35(31-25-33-43(39,40)41)27-22-20-18-16-14-12-10-8-6-4-2;;/h3-33H2,1-2H3,(H,36,37,38)(H,39,40,41);;/q;2*+1/p-2. The third-order valence-corrected chi connectivity index (χ3v) is 9.92. The van der Waals surface area contributed by atoms with Crippen LogP contribution in [0, 0.1) is 0 Å². The number of hydrogen-bond donors (Lipinski definition) is 0. The molecule has 0 spiro atoms. The summed E-state index contributed by atoms with van der Waals surface area (Å²) in [6.45, 7) is 9.14. The van der Waals surface area contributed by atoms with Crippen LogP contribution in [0.5, 0.6) is 0 Å². The van der Waals surface area contributed by atoms with Gasteiger partial charge in [-0.15, -0.1) is 0 Å². The SMILES string of the molecule is CCCCCCCCCCCCN(CCCN(CCCCCCCCCCCC)CCCS(=O)(=O)[O-])CCCS(=O)(=O)[O-].[Na+].[Na+]. The molecule has 8 nitrogen and oxygen atoms in total. The van der Waals surface area contributed by atoms with Gasteiger partial charge >= 0.3 is 59.1 Å². The quantitative estimate of drug-likeness (QED) is 0.0566. The molecule has 0 unspecified atom stereocenters. The van der Waals surface area contributed by atoms with Gasteiger partial charge in [0.25, 0.3) is 0 Å². The van der Waals surface area contributed by atoms with Gasteiger partial charge in [-0.2, -0.15) is 0 Å². The van der Waals surface area contributed by atoms with Crippen molar-refractivity contribution in [2.75, 3.05) is 50.8 Å². The second-order valence-electron chi connectivity index (χ2n) is 12.6. The molecule has 0 amide bonds. The maximum atomic E-state index is 11.1. The van der Waals surface area contributed by atoms with Crippen molar-refractivity contribution in [1.29, 1.82) is 0 Å². The van der Waals surface area contributed by atoms with Gasteiger partial charge in [-0.1, -0.05) is 129 Å². The zero-order valence-corrected chi connectivity index (χ0v) is 35.7. The van der Waals surface area contributed by atoms with Crippen LogP contribution in [0.4, 0.5) is 0 Å². The average molecular weight is 699 g/mol. The Morgan fingerprint density at radius 3 is 0.844 bits per heavy atom. The fourth-order valence-electron chi connectivity index (χ4n) is 5.76. The first kappa shape index (κ1) is 51.1. The molecule has 0 aromatic heterocycles. The molecular formula is C33H68N2Na2O6S2. The third kappa shape index (κ3) is 41.8. The maximum absolute atomic E-state index is 11.1. The van der Waals surface area contributed by atoms with Crippen molar-refractivity contribution in [3.63, 3.8) is 0 Å². The summed E-state index contributed by atoms with van der Waals surface area (Å²) in [5.41, 5.74) is 0. The van der Waals surface area contributed by atoms with Crippen molar-refractivity contribution in [1.82, 2.24) is 9.80 Å². The van der Waals surface area contributed by atoms with Crippen LogP contribution in [0.1, 0.15) is 162 Å². The normalized spacial score (nSPS) is 12.0. The van der Waals surface area contributed by atoms with Crippen molar-refractivity contribution in [3.05, 3.63) is 0 Å². The van der Waals surface area contributed by atoms with E-state index in [-0.39, 0.29) is 70.6 Å². The molecule has 0 fully saturated rings. The zero-order valence-electron chi connectivity index (χ0n) is 30.1. The van der Waals surface area contributed by atoms with E-state index in [0.717, 1.165) is 45.4 Å². The summed E-state index contributed by atoms with van der Waals surface area (Å²) in [7, 11) is -8.41. The molecule has 0 saturated heterocycles. The first-order valence-electron chi connectivity index (χ1n) is 17.9. The first-order valence-corrected chi connectivity index (χ1v) is 21.0. The molecule has 45 heavy (non-hydrogen) atoms. The van der Waals surface area contributed by atoms with E-state index >= 15 is 0 Å². The van der Waals surface area contributed by atoms with Crippen molar-refractivity contribution in [3.8, 4) is 0 Å². The van der Waals surface area contributed by atoms with E-state index in [2.05, 4.69) is 23.6 Å². The Hall–Kier alpha value is 1.74. The summed E-state index contributed by atoms with van der Waals surface area (Å²) < 4.78 is 66.7. The largest absolute Gasteiger partial charge is 1.00 e. The molecule has 0 heterocycles. The molecule has 0 bridgehead atoms. The van der Waals surface area contributed by atoms with E-state index in [0.29, 0.717) is 25.9 Å². The molecule has 0 aromatic carbocycles. The molecule has 0 aliphatic heterocycles. The van der Waals surface area contributed by atoms with Gasteiger partial charge in [0.15, 0.2) is 0 Å². The van der Waals surface area contributed by atoms with Gasteiger partial charge < -0.3 is 18.9 Å². The molecule has 0 aliphatic carbocycles. The van der Waals surface area contributed by atoms with Crippen LogP contribution in [-0.4, -0.2) is 86.5 Å². The summed E-state index contributed by atoms with van der Waals surface area (Å²) in [6.07, 6.45) is 26.9. The number of hydrogen-bond acceptors (Lipinski definition) is 8. The Morgan fingerprint density at radius 1 is 0.356 bits per heavy atom. The molecular weight excluding hydrogens is 630 g/mol. The second-order valence-corrected chi connectivity index (χ2v) is 15.7. The monoisotopic (exact) mass is 698 g/mol. The van der Waals surface area contributed by atoms with Crippen LogP contribution in [-0.2, 0) is 20.2 Å². The van der Waals surface area contributed by atoms with Crippen LogP contribution in [0.3, 0.4) is 0 Å². The molecule has 0 N–H and O–H groups in total. The molecule has 0 rings (SSSR count). The fraction of sp³-hybridized carbons (Fsp3) is 1.00. The summed E-state index contributed by atoms with van der Waals surface area (Å²) >= 11 is 0. The Bertz CT molecular complexity index is 754. The predicted molar refractivity (Wildman–Crippen MR) is 180 cm³/mol. The minimum atomic E-state index is -4.20. The van der Waals surface area contributed by atoms with Crippen molar-refractivity contribution < 1.29 is 85.1 Å². The minimum absolute atomic E-state index is 0. The van der Waals surface area contributed by atoms with E-state index in [1.807, 2.05) is 0 Å². The number of rotatable bonds is 34. The van der Waals surface area contributed by atoms with Gasteiger partial charge in [0.1, 0.15) is 0 Å². The van der Waals surface area contributed by atoms with Gasteiger partial charge in [0.05, 0.1) is 20.2 Å². The Balaban J connectivity index is -0.00000882. The van der Waals surface area contributed by atoms with E-state index in [4.69, 9.17) is 0 Å². The molecule has 260 valence electrons. The Morgan fingerprint density at radius 2 is 0.578 bits per heavy atom. The first-order chi connectivity index (χ1) is 20.6. The van der Waals surface area contributed by atoms with E-state index in [1.54, 1.807) is 0 Å². The van der Waals surface area contributed by atoms with Crippen molar-refractivity contribution in [2.24, 2.45) is 0 Å². The zero-order chi connectivity index (χ0) is 32.1. The van der Waals surface area contributed by atoms with Crippen molar-refractivity contribution >= 4 is 20.2 Å². The molecule has 0 radical (unpaired) electrons. The Labute approximate surface area is 324 Å². The van der Waals surface area contributed by atoms with E-state index in [9.17, 15) is 25.9 Å². The molecule has 0 aromatic rings. The summed E-state index contributed by atoms with van der Waals surface area (Å²) in [4.78, 5) is 4.58. The Kier molecular flexibility index (Phi) is 40.4. The molecule has 12 heteroatoms. The molecule has 0 saturated carbocycles. The maximum Gasteiger partial charge on any atom is 1.00 e. The minimum Gasteiger partial charge on any atom is -0.748 e. The topological polar surface area (TPSA) is 121 Å². The summed E-state index contributed by atoms with van der Waals surface area (Å²) in [6, 6.07) is 0. The van der Waals surface area contributed by atoms with Crippen molar-refractivity contribution in [2.45, 2.75) is 162 Å². The van der Waals surface area contributed by atoms with Crippen LogP contribution < -0.4 is 59.1 Å². The van der Waals surface area contributed by atoms with Gasteiger partial charge in [-0.3, -0.25) is 0 Å². The summed E-state index contributed by atoms with van der Waals surface area (Å²) in [5.74, 6) is -0.647. The predicted octanol–water partition coefficient (Wildman–Crippen LogP) is 1.70. The third-order valence-electron chi connectivity index (χ3n) is 8.34. The van der Waals surface area contributed by atoms with Crippen LogP contribution in [0.2, 0.25) is 0 Å². The summed E-state index contributed by atoms with van der Waals surface area (Å²) in [5, 5.41) is 0. The van der Waals surface area contributed by atoms with Crippen LogP contribution in [0.25, 0.3) is 0 Å². The van der Waals surface area contributed by atoms with Gasteiger partial charge in [-0.05, 0) is 71.4 Å². The van der Waals surface area contributed by atoms with E-state index in [1.165, 1.54) is 116 Å². The van der Waals surface area contributed by atoms with Gasteiger partial charge in [0.2, 0.25) is 0 Å². The smallest absolute Gasteiger partial charge is 0.748 e. The van der Waals surface area contributed by atoms with Crippen LogP contribution >= 0.6 is 0 Å². The number of nitrogens with zero attached hydrogens (tertiary/aromatic N) is 2. The fourth-order valence-corrected chi connectivity index (χ4v) is 6.73. The van der Waals surface area contributed by atoms with Gasteiger partial charge in [0, 0.05) is 11.5 Å². The average Bonchev–Trinajstić information content (AvgIpc) is 2.93. The number of unbranched alkanes of at least 4 members (excludes halogenated alkanes) is 18. The molecule has 0 aliphatic rings. The molecule has 0 atom stereocenters. The van der Waals surface area contributed by atoms with E-state index < -0.39 is 20.2 Å². The van der Waals surface area contributed by atoms with Crippen LogP contribution in [0.15, 0.2) is 0 Å².